The lowest BCUT2D eigenvalue weighted by atomic mass is 10.2. The molecular weight excluding hydrogens is 280 g/mol. The van der Waals surface area contributed by atoms with Crippen molar-refractivity contribution in [3.8, 4) is 6.07 Å². The maximum absolute atomic E-state index is 8.93. The van der Waals surface area contributed by atoms with Gasteiger partial charge in [0, 0.05) is 45.5 Å². The van der Waals surface area contributed by atoms with Gasteiger partial charge in [0.15, 0.2) is 0 Å². The molecule has 0 atom stereocenters. The normalized spacial score (nSPS) is 16.7. The molecule has 0 saturated carbocycles. The number of nitrogens with zero attached hydrogens (tertiary/aromatic N) is 4. The van der Waals surface area contributed by atoms with Crippen molar-refractivity contribution in [1.29, 1.82) is 5.26 Å². The first kappa shape index (κ1) is 14.2. The van der Waals surface area contributed by atoms with Crippen LogP contribution in [0, 0.1) is 11.3 Å². The van der Waals surface area contributed by atoms with Crippen molar-refractivity contribution >= 4 is 11.3 Å². The molecule has 4 nitrogen and oxygen atoms in total. The van der Waals surface area contributed by atoms with Crippen molar-refractivity contribution in [2.45, 2.75) is 13.1 Å². The van der Waals surface area contributed by atoms with Gasteiger partial charge >= 0.3 is 0 Å². The number of hydrogen-bond acceptors (Lipinski definition) is 5. The van der Waals surface area contributed by atoms with Crippen molar-refractivity contribution in [2.24, 2.45) is 0 Å². The predicted molar refractivity (Wildman–Crippen MR) is 83.8 cm³/mol. The Balaban J connectivity index is 1.50. The van der Waals surface area contributed by atoms with Crippen molar-refractivity contribution in [3.05, 3.63) is 52.0 Å². The number of hydrogen-bond donors (Lipinski definition) is 0. The molecule has 2 aromatic heterocycles. The molecule has 3 rings (SSSR count). The molecule has 1 saturated heterocycles. The maximum Gasteiger partial charge on any atom is 0.0992 e. The Morgan fingerprint density at radius 3 is 2.57 bits per heavy atom. The van der Waals surface area contributed by atoms with Gasteiger partial charge in [0.25, 0.3) is 0 Å². The molecule has 0 N–H and O–H groups in total. The minimum Gasteiger partial charge on any atom is -0.297 e. The minimum atomic E-state index is 0.691. The average Bonchev–Trinajstić information content (AvgIpc) is 3.02. The van der Waals surface area contributed by atoms with E-state index in [1.807, 2.05) is 6.07 Å². The van der Waals surface area contributed by atoms with E-state index >= 15 is 0 Å². The molecule has 108 valence electrons. The largest absolute Gasteiger partial charge is 0.297 e. The summed E-state index contributed by atoms with van der Waals surface area (Å²) < 4.78 is 0. The van der Waals surface area contributed by atoms with Crippen LogP contribution in [0.25, 0.3) is 0 Å². The summed E-state index contributed by atoms with van der Waals surface area (Å²) in [7, 11) is 0. The van der Waals surface area contributed by atoms with Gasteiger partial charge in [-0.2, -0.15) is 16.6 Å². The molecule has 5 heteroatoms. The molecule has 0 amide bonds. The van der Waals surface area contributed by atoms with E-state index in [0.29, 0.717) is 5.56 Å². The number of aromatic nitrogens is 1. The highest BCUT2D eigenvalue weighted by molar-refractivity contribution is 7.07. The van der Waals surface area contributed by atoms with E-state index in [0.717, 1.165) is 45.0 Å². The smallest absolute Gasteiger partial charge is 0.0992 e. The van der Waals surface area contributed by atoms with Gasteiger partial charge in [0.1, 0.15) is 0 Å². The molecule has 0 bridgehead atoms. The molecule has 0 aromatic carbocycles. The van der Waals surface area contributed by atoms with Crippen LogP contribution in [-0.4, -0.2) is 41.0 Å². The third kappa shape index (κ3) is 3.88. The number of rotatable bonds is 4. The number of piperazine rings is 1. The third-order valence-electron chi connectivity index (χ3n) is 3.78. The lowest BCUT2D eigenvalue weighted by Crippen LogP contribution is -2.45. The highest BCUT2D eigenvalue weighted by Crippen LogP contribution is 2.13. The first-order chi connectivity index (χ1) is 10.3. The lowest BCUT2D eigenvalue weighted by Gasteiger charge is -2.34. The van der Waals surface area contributed by atoms with Crippen molar-refractivity contribution in [1.82, 2.24) is 14.8 Å². The summed E-state index contributed by atoms with van der Waals surface area (Å²) in [5.74, 6) is 0. The Kier molecular flexibility index (Phi) is 4.61. The van der Waals surface area contributed by atoms with Crippen LogP contribution in [0.3, 0.4) is 0 Å². The zero-order valence-electron chi connectivity index (χ0n) is 11.9. The van der Waals surface area contributed by atoms with Crippen LogP contribution < -0.4 is 0 Å². The monoisotopic (exact) mass is 298 g/mol. The summed E-state index contributed by atoms with van der Waals surface area (Å²) in [4.78, 5) is 9.26. The van der Waals surface area contributed by atoms with Gasteiger partial charge in [-0.25, -0.2) is 0 Å². The second-order valence-electron chi connectivity index (χ2n) is 5.33. The summed E-state index contributed by atoms with van der Waals surface area (Å²) in [6.07, 6.45) is 1.72. The lowest BCUT2D eigenvalue weighted by molar-refractivity contribution is 0.121. The summed E-state index contributed by atoms with van der Waals surface area (Å²) in [5.41, 5.74) is 3.09. The second kappa shape index (κ2) is 6.81. The molecular formula is C16H18N4S. The van der Waals surface area contributed by atoms with Crippen molar-refractivity contribution < 1.29 is 0 Å². The molecule has 0 spiro atoms. The highest BCUT2D eigenvalue weighted by atomic mass is 32.1. The van der Waals surface area contributed by atoms with Gasteiger partial charge in [0.05, 0.1) is 17.3 Å². The second-order valence-corrected chi connectivity index (χ2v) is 6.11. The molecule has 2 aromatic rings. The van der Waals surface area contributed by atoms with E-state index in [2.05, 4.69) is 37.7 Å². The summed E-state index contributed by atoms with van der Waals surface area (Å²) in [6.45, 7) is 6.19. The fraction of sp³-hybridized carbons (Fsp3) is 0.375. The standard InChI is InChI=1S/C16H18N4S/c17-10-14-1-3-18-16(9-14)12-20-6-4-19(5-7-20)11-15-2-8-21-13-15/h1-3,8-9,13H,4-7,11-12H2. The van der Waals surface area contributed by atoms with Crippen LogP contribution in [0.5, 0.6) is 0 Å². The Morgan fingerprint density at radius 2 is 1.90 bits per heavy atom. The van der Waals surface area contributed by atoms with E-state index in [4.69, 9.17) is 5.26 Å². The van der Waals surface area contributed by atoms with Gasteiger partial charge in [0.2, 0.25) is 0 Å². The quantitative estimate of drug-likeness (QED) is 0.869. The van der Waals surface area contributed by atoms with Crippen LogP contribution in [-0.2, 0) is 13.1 Å². The maximum atomic E-state index is 8.93. The first-order valence-corrected chi connectivity index (χ1v) is 8.08. The van der Waals surface area contributed by atoms with Crippen LogP contribution in [0.2, 0.25) is 0 Å². The SMILES string of the molecule is N#Cc1ccnc(CN2CCN(Cc3ccsc3)CC2)c1. The van der Waals surface area contributed by atoms with E-state index < -0.39 is 0 Å². The highest BCUT2D eigenvalue weighted by Gasteiger charge is 2.17. The fourth-order valence-corrected chi connectivity index (χ4v) is 3.27. The zero-order valence-corrected chi connectivity index (χ0v) is 12.7. The van der Waals surface area contributed by atoms with Crippen molar-refractivity contribution in [3.63, 3.8) is 0 Å². The average molecular weight is 298 g/mol. The predicted octanol–water partition coefficient (Wildman–Crippen LogP) is 2.33. The van der Waals surface area contributed by atoms with Crippen LogP contribution in [0.1, 0.15) is 16.8 Å². The molecule has 1 aliphatic rings. The van der Waals surface area contributed by atoms with Crippen LogP contribution >= 0.6 is 11.3 Å². The van der Waals surface area contributed by atoms with Crippen LogP contribution in [0.15, 0.2) is 35.2 Å². The molecule has 0 unspecified atom stereocenters. The van der Waals surface area contributed by atoms with Gasteiger partial charge in [-0.05, 0) is 34.5 Å². The number of nitriles is 1. The van der Waals surface area contributed by atoms with Gasteiger partial charge in [-0.15, -0.1) is 0 Å². The van der Waals surface area contributed by atoms with Gasteiger partial charge < -0.3 is 0 Å². The summed E-state index contributed by atoms with van der Waals surface area (Å²) >= 11 is 1.76. The topological polar surface area (TPSA) is 43.2 Å². The van der Waals surface area contributed by atoms with Gasteiger partial charge in [-0.1, -0.05) is 0 Å². The summed E-state index contributed by atoms with van der Waals surface area (Å²) in [5, 5.41) is 13.3. The first-order valence-electron chi connectivity index (χ1n) is 7.14. The van der Waals surface area contributed by atoms with Crippen LogP contribution in [0.4, 0.5) is 0 Å². The van der Waals surface area contributed by atoms with Crippen molar-refractivity contribution in [2.75, 3.05) is 26.2 Å². The van der Waals surface area contributed by atoms with E-state index in [-0.39, 0.29) is 0 Å². The minimum absolute atomic E-state index is 0.691. The molecule has 0 aliphatic carbocycles. The fourth-order valence-electron chi connectivity index (χ4n) is 2.61. The van der Waals surface area contributed by atoms with E-state index in [9.17, 15) is 0 Å². The Hall–Kier alpha value is -1.74. The third-order valence-corrected chi connectivity index (χ3v) is 4.51. The Labute approximate surface area is 129 Å². The molecule has 21 heavy (non-hydrogen) atoms. The molecule has 3 heterocycles. The molecule has 1 fully saturated rings. The van der Waals surface area contributed by atoms with E-state index in [1.54, 1.807) is 23.6 Å². The Morgan fingerprint density at radius 1 is 1.14 bits per heavy atom. The molecule has 1 aliphatic heterocycles. The molecule has 0 radical (unpaired) electrons. The Bertz CT molecular complexity index is 609. The summed E-state index contributed by atoms with van der Waals surface area (Å²) in [6, 6.07) is 8.01. The number of thiophene rings is 1. The number of pyridine rings is 1. The zero-order chi connectivity index (χ0) is 14.5. The van der Waals surface area contributed by atoms with E-state index in [1.165, 1.54) is 5.56 Å². The van der Waals surface area contributed by atoms with Gasteiger partial charge in [-0.3, -0.25) is 14.8 Å².